The molecular weight excluding hydrogens is 216 g/mol. The van der Waals surface area contributed by atoms with E-state index in [1.807, 2.05) is 25.7 Å². The van der Waals surface area contributed by atoms with E-state index in [9.17, 15) is 4.79 Å². The summed E-state index contributed by atoms with van der Waals surface area (Å²) in [4.78, 5) is 14.1. The van der Waals surface area contributed by atoms with Crippen LogP contribution in [-0.2, 0) is 4.74 Å². The highest BCUT2D eigenvalue weighted by molar-refractivity contribution is 5.68. The highest BCUT2D eigenvalue weighted by atomic mass is 16.6. The molecule has 2 heterocycles. The van der Waals surface area contributed by atoms with Gasteiger partial charge in [0, 0.05) is 12.6 Å². The SMILES string of the molecule is C[C@H]1[C@@H]2CNC[C@H](C2)CN1C(=O)OC(C)(C)C. The van der Waals surface area contributed by atoms with Crippen LogP contribution in [0.1, 0.15) is 34.1 Å². The van der Waals surface area contributed by atoms with Crippen molar-refractivity contribution < 1.29 is 9.53 Å². The quantitative estimate of drug-likeness (QED) is 0.702. The molecule has 98 valence electrons. The molecule has 2 rings (SSSR count). The van der Waals surface area contributed by atoms with E-state index in [0.29, 0.717) is 11.8 Å². The third kappa shape index (κ3) is 2.92. The van der Waals surface area contributed by atoms with Gasteiger partial charge >= 0.3 is 6.09 Å². The first kappa shape index (κ1) is 12.7. The maximum atomic E-state index is 12.1. The Labute approximate surface area is 104 Å². The summed E-state index contributed by atoms with van der Waals surface area (Å²) >= 11 is 0. The van der Waals surface area contributed by atoms with Crippen LogP contribution < -0.4 is 5.32 Å². The maximum absolute atomic E-state index is 12.1. The second-order valence-corrected chi connectivity index (χ2v) is 6.39. The number of carbonyl (C=O) groups is 1. The van der Waals surface area contributed by atoms with Gasteiger partial charge in [0.25, 0.3) is 0 Å². The van der Waals surface area contributed by atoms with Crippen molar-refractivity contribution in [1.82, 2.24) is 10.2 Å². The van der Waals surface area contributed by atoms with E-state index >= 15 is 0 Å². The Kier molecular flexibility index (Phi) is 3.34. The smallest absolute Gasteiger partial charge is 0.410 e. The lowest BCUT2D eigenvalue weighted by molar-refractivity contribution is -0.0123. The molecule has 2 bridgehead atoms. The lowest BCUT2D eigenvalue weighted by Gasteiger charge is -2.46. The first-order valence-corrected chi connectivity index (χ1v) is 6.57. The van der Waals surface area contributed by atoms with Crippen LogP contribution in [0.4, 0.5) is 4.79 Å². The number of hydrogen-bond donors (Lipinski definition) is 1. The van der Waals surface area contributed by atoms with Crippen LogP contribution in [0.15, 0.2) is 0 Å². The summed E-state index contributed by atoms with van der Waals surface area (Å²) in [6, 6.07) is 0.286. The summed E-state index contributed by atoms with van der Waals surface area (Å²) < 4.78 is 5.48. The molecule has 17 heavy (non-hydrogen) atoms. The van der Waals surface area contributed by atoms with E-state index in [4.69, 9.17) is 4.74 Å². The molecule has 1 N–H and O–H groups in total. The molecule has 2 saturated heterocycles. The minimum Gasteiger partial charge on any atom is -0.444 e. The van der Waals surface area contributed by atoms with Gasteiger partial charge < -0.3 is 15.0 Å². The molecule has 2 aliphatic heterocycles. The van der Waals surface area contributed by atoms with E-state index in [2.05, 4.69) is 12.2 Å². The highest BCUT2D eigenvalue weighted by Crippen LogP contribution is 2.30. The van der Waals surface area contributed by atoms with Gasteiger partial charge in [-0.1, -0.05) is 0 Å². The minimum atomic E-state index is -0.401. The third-order valence-electron chi connectivity index (χ3n) is 3.73. The fourth-order valence-corrected chi connectivity index (χ4v) is 2.83. The number of piperidine rings is 2. The molecule has 4 nitrogen and oxygen atoms in total. The molecule has 0 saturated carbocycles. The van der Waals surface area contributed by atoms with Crippen LogP contribution in [-0.4, -0.2) is 42.3 Å². The number of carbonyl (C=O) groups excluding carboxylic acids is 1. The zero-order valence-electron chi connectivity index (χ0n) is 11.3. The van der Waals surface area contributed by atoms with E-state index in [1.165, 1.54) is 6.42 Å². The number of ether oxygens (including phenoxy) is 1. The lowest BCUT2D eigenvalue weighted by atomic mass is 9.81. The van der Waals surface area contributed by atoms with Gasteiger partial charge in [-0.05, 0) is 59.0 Å². The molecule has 3 atom stereocenters. The summed E-state index contributed by atoms with van der Waals surface area (Å²) in [6.45, 7) is 10.8. The maximum Gasteiger partial charge on any atom is 0.410 e. The Bertz CT molecular complexity index is 298. The predicted octanol–water partition coefficient (Wildman–Crippen LogP) is 1.85. The fourth-order valence-electron chi connectivity index (χ4n) is 2.83. The number of amides is 1. The Balaban J connectivity index is 2.02. The number of rotatable bonds is 0. The van der Waals surface area contributed by atoms with Crippen molar-refractivity contribution in [1.29, 1.82) is 0 Å². The van der Waals surface area contributed by atoms with Crippen molar-refractivity contribution in [2.45, 2.75) is 45.8 Å². The first-order valence-electron chi connectivity index (χ1n) is 6.57. The molecule has 0 radical (unpaired) electrons. The molecule has 1 amide bonds. The van der Waals surface area contributed by atoms with Crippen molar-refractivity contribution in [2.75, 3.05) is 19.6 Å². The van der Waals surface area contributed by atoms with Crippen LogP contribution in [0.2, 0.25) is 0 Å². The molecule has 0 spiro atoms. The summed E-state index contributed by atoms with van der Waals surface area (Å²) in [5.41, 5.74) is -0.401. The van der Waals surface area contributed by atoms with Crippen LogP contribution in [0, 0.1) is 11.8 Å². The standard InChI is InChI=1S/C13H24N2O2/c1-9-11-5-10(6-14-7-11)8-15(9)12(16)17-13(2,3)4/h9-11,14H,5-8H2,1-4H3/t9-,10-,11-/m0/s1. The fraction of sp³-hybridized carbons (Fsp3) is 0.923. The second kappa shape index (κ2) is 4.48. The van der Waals surface area contributed by atoms with Gasteiger partial charge in [0.15, 0.2) is 0 Å². The Morgan fingerprint density at radius 1 is 1.35 bits per heavy atom. The molecule has 4 heteroatoms. The van der Waals surface area contributed by atoms with E-state index in [1.54, 1.807) is 0 Å². The van der Waals surface area contributed by atoms with Crippen LogP contribution in [0.5, 0.6) is 0 Å². The van der Waals surface area contributed by atoms with Crippen molar-refractivity contribution in [3.8, 4) is 0 Å². The second-order valence-electron chi connectivity index (χ2n) is 6.39. The Morgan fingerprint density at radius 2 is 2.06 bits per heavy atom. The topological polar surface area (TPSA) is 41.6 Å². The minimum absolute atomic E-state index is 0.151. The average molecular weight is 240 g/mol. The van der Waals surface area contributed by atoms with Crippen molar-refractivity contribution in [3.63, 3.8) is 0 Å². The van der Waals surface area contributed by atoms with Gasteiger partial charge in [0.1, 0.15) is 5.60 Å². The van der Waals surface area contributed by atoms with Gasteiger partial charge in [-0.3, -0.25) is 0 Å². The van der Waals surface area contributed by atoms with E-state index < -0.39 is 5.60 Å². The van der Waals surface area contributed by atoms with Gasteiger partial charge in [0.05, 0.1) is 0 Å². The molecule has 2 aliphatic rings. The van der Waals surface area contributed by atoms with Crippen LogP contribution in [0.25, 0.3) is 0 Å². The number of likely N-dealkylation sites (tertiary alicyclic amines) is 1. The van der Waals surface area contributed by atoms with Crippen molar-refractivity contribution in [2.24, 2.45) is 11.8 Å². The summed E-state index contributed by atoms with van der Waals surface area (Å²) in [7, 11) is 0. The van der Waals surface area contributed by atoms with Crippen molar-refractivity contribution in [3.05, 3.63) is 0 Å². The zero-order valence-corrected chi connectivity index (χ0v) is 11.3. The third-order valence-corrected chi connectivity index (χ3v) is 3.73. The van der Waals surface area contributed by atoms with Gasteiger partial charge in [-0.25, -0.2) is 4.79 Å². The van der Waals surface area contributed by atoms with E-state index in [-0.39, 0.29) is 12.1 Å². The number of nitrogens with one attached hydrogen (secondary N) is 1. The van der Waals surface area contributed by atoms with Gasteiger partial charge in [-0.15, -0.1) is 0 Å². The van der Waals surface area contributed by atoms with Crippen LogP contribution >= 0.6 is 0 Å². The summed E-state index contributed by atoms with van der Waals surface area (Å²) in [5.74, 6) is 1.17. The molecule has 0 aromatic carbocycles. The predicted molar refractivity (Wildman–Crippen MR) is 66.9 cm³/mol. The number of hydrogen-bond acceptors (Lipinski definition) is 3. The molecule has 0 unspecified atom stereocenters. The monoisotopic (exact) mass is 240 g/mol. The number of fused-ring (bicyclic) bond motifs is 2. The highest BCUT2D eigenvalue weighted by Gasteiger charge is 2.39. The number of nitrogens with zero attached hydrogens (tertiary/aromatic N) is 1. The average Bonchev–Trinajstić information content (AvgIpc) is 2.21. The molecule has 0 aromatic heterocycles. The van der Waals surface area contributed by atoms with E-state index in [0.717, 1.165) is 19.6 Å². The lowest BCUT2D eigenvalue weighted by Crippen LogP contribution is -2.58. The Hall–Kier alpha value is -0.770. The molecule has 2 fully saturated rings. The van der Waals surface area contributed by atoms with Crippen molar-refractivity contribution >= 4 is 6.09 Å². The molecule has 0 aromatic rings. The van der Waals surface area contributed by atoms with Gasteiger partial charge in [-0.2, -0.15) is 0 Å². The Morgan fingerprint density at radius 3 is 2.71 bits per heavy atom. The van der Waals surface area contributed by atoms with Gasteiger partial charge in [0.2, 0.25) is 0 Å². The first-order chi connectivity index (χ1) is 7.87. The largest absolute Gasteiger partial charge is 0.444 e. The van der Waals surface area contributed by atoms with Crippen LogP contribution in [0.3, 0.4) is 0 Å². The summed E-state index contributed by atoms with van der Waals surface area (Å²) in [5, 5.41) is 3.45. The summed E-state index contributed by atoms with van der Waals surface area (Å²) in [6.07, 6.45) is 1.09. The molecule has 0 aliphatic carbocycles. The normalized spacial score (nSPS) is 33.4. The zero-order chi connectivity index (χ0) is 12.6. The molecular formula is C13H24N2O2.